The largest absolute Gasteiger partial charge is 0.352 e. The Morgan fingerprint density at radius 2 is 1.41 bits per heavy atom. The van der Waals surface area contributed by atoms with E-state index in [0.717, 1.165) is 38.0 Å². The normalized spacial score (nSPS) is 31.5. The first-order valence-electron chi connectivity index (χ1n) is 11.9. The van der Waals surface area contributed by atoms with Crippen LogP contribution in [0.4, 0.5) is 0 Å². The zero-order chi connectivity index (χ0) is 19.4. The first kappa shape index (κ1) is 22.7. The van der Waals surface area contributed by atoms with E-state index in [4.69, 9.17) is 9.47 Å². The van der Waals surface area contributed by atoms with Crippen molar-refractivity contribution in [3.05, 3.63) is 0 Å². The molecule has 3 heteroatoms. The van der Waals surface area contributed by atoms with Gasteiger partial charge in [0.1, 0.15) is 6.79 Å². The molecule has 27 heavy (non-hydrogen) atoms. The van der Waals surface area contributed by atoms with Crippen molar-refractivity contribution < 1.29 is 9.47 Å². The molecular formula is C24H43NO2. The highest BCUT2D eigenvalue weighted by molar-refractivity contribution is 5.01. The first-order chi connectivity index (χ1) is 13.2. The minimum absolute atomic E-state index is 0.0773. The van der Waals surface area contributed by atoms with Crippen LogP contribution in [0, 0.1) is 22.7 Å². The van der Waals surface area contributed by atoms with Crippen LogP contribution < -0.4 is 0 Å². The Labute approximate surface area is 168 Å². The Morgan fingerprint density at radius 1 is 0.815 bits per heavy atom. The molecule has 0 amide bonds. The van der Waals surface area contributed by atoms with Crippen molar-refractivity contribution in [3.8, 4) is 6.07 Å². The molecule has 156 valence electrons. The van der Waals surface area contributed by atoms with E-state index in [-0.39, 0.29) is 5.41 Å². The van der Waals surface area contributed by atoms with Crippen LogP contribution in [0.2, 0.25) is 0 Å². The number of rotatable bonds is 12. The van der Waals surface area contributed by atoms with Gasteiger partial charge in [-0.3, -0.25) is 0 Å². The summed E-state index contributed by atoms with van der Waals surface area (Å²) >= 11 is 0. The molecule has 0 heterocycles. The van der Waals surface area contributed by atoms with Crippen LogP contribution in [-0.2, 0) is 9.47 Å². The van der Waals surface area contributed by atoms with E-state index in [1.807, 2.05) is 0 Å². The van der Waals surface area contributed by atoms with Crippen LogP contribution in [-0.4, -0.2) is 19.0 Å². The van der Waals surface area contributed by atoms with E-state index in [1.54, 1.807) is 0 Å². The molecule has 0 aromatic rings. The monoisotopic (exact) mass is 377 g/mol. The van der Waals surface area contributed by atoms with Gasteiger partial charge in [-0.25, -0.2) is 0 Å². The lowest BCUT2D eigenvalue weighted by Crippen LogP contribution is -2.31. The number of ether oxygens (including phenoxy) is 2. The topological polar surface area (TPSA) is 42.2 Å². The highest BCUT2D eigenvalue weighted by Gasteiger charge is 2.35. The predicted octanol–water partition coefficient (Wildman–Crippen LogP) is 7.15. The number of nitriles is 1. The fraction of sp³-hybridized carbons (Fsp3) is 0.958. The Balaban J connectivity index is 1.55. The van der Waals surface area contributed by atoms with E-state index in [2.05, 4.69) is 19.9 Å². The second-order valence-corrected chi connectivity index (χ2v) is 9.14. The Morgan fingerprint density at radius 3 is 2.00 bits per heavy atom. The molecule has 0 atom stereocenters. The van der Waals surface area contributed by atoms with Crippen LogP contribution in [0.15, 0.2) is 0 Å². The van der Waals surface area contributed by atoms with Crippen molar-refractivity contribution in [2.75, 3.05) is 6.79 Å². The van der Waals surface area contributed by atoms with Gasteiger partial charge < -0.3 is 9.47 Å². The van der Waals surface area contributed by atoms with Gasteiger partial charge in [-0.05, 0) is 63.7 Å². The predicted molar refractivity (Wildman–Crippen MR) is 111 cm³/mol. The summed E-state index contributed by atoms with van der Waals surface area (Å²) in [4.78, 5) is 0. The quantitative estimate of drug-likeness (QED) is 0.268. The van der Waals surface area contributed by atoms with Crippen LogP contribution >= 0.6 is 0 Å². The van der Waals surface area contributed by atoms with Crippen LogP contribution in [0.25, 0.3) is 0 Å². The van der Waals surface area contributed by atoms with Gasteiger partial charge in [-0.1, -0.05) is 58.8 Å². The van der Waals surface area contributed by atoms with Gasteiger partial charge in [0.05, 0.1) is 23.7 Å². The van der Waals surface area contributed by atoms with Crippen molar-refractivity contribution in [1.29, 1.82) is 5.26 Å². The van der Waals surface area contributed by atoms with Crippen molar-refractivity contribution in [3.63, 3.8) is 0 Å². The second-order valence-electron chi connectivity index (χ2n) is 9.14. The molecule has 0 radical (unpaired) electrons. The standard InChI is InChI=1S/C24H43NO2/c1-3-5-7-9-21-10-12-22(13-11-21)26-20-27-23-14-17-24(19-25,18-15-23)16-8-6-4-2/h21-23H,3-18,20H2,1-2H3/t21-,22-,23-,24-. The van der Waals surface area contributed by atoms with E-state index in [9.17, 15) is 5.26 Å². The van der Waals surface area contributed by atoms with Gasteiger partial charge in [0.15, 0.2) is 0 Å². The lowest BCUT2D eigenvalue weighted by molar-refractivity contribution is -0.137. The fourth-order valence-electron chi connectivity index (χ4n) is 4.94. The smallest absolute Gasteiger partial charge is 0.147 e. The SMILES string of the molecule is CCCCC[C@H]1CC[C@H](OCO[C@H]2CC[C@@](C#N)(CCCCC)CC2)CC1. The fourth-order valence-corrected chi connectivity index (χ4v) is 4.94. The third-order valence-electron chi connectivity index (χ3n) is 7.00. The number of hydrogen-bond acceptors (Lipinski definition) is 3. The summed E-state index contributed by atoms with van der Waals surface area (Å²) in [6.45, 7) is 4.96. The molecule has 2 fully saturated rings. The zero-order valence-electron chi connectivity index (χ0n) is 18.0. The number of hydrogen-bond donors (Lipinski definition) is 0. The van der Waals surface area contributed by atoms with Crippen LogP contribution in [0.3, 0.4) is 0 Å². The molecule has 0 bridgehead atoms. The summed E-state index contributed by atoms with van der Waals surface area (Å²) in [6.07, 6.45) is 20.1. The lowest BCUT2D eigenvalue weighted by atomic mass is 9.71. The molecule has 0 saturated heterocycles. The van der Waals surface area contributed by atoms with Crippen molar-refractivity contribution in [2.24, 2.45) is 11.3 Å². The van der Waals surface area contributed by atoms with Gasteiger partial charge in [0.25, 0.3) is 0 Å². The average molecular weight is 378 g/mol. The summed E-state index contributed by atoms with van der Waals surface area (Å²) in [5, 5.41) is 9.65. The van der Waals surface area contributed by atoms with Gasteiger partial charge in [0.2, 0.25) is 0 Å². The minimum Gasteiger partial charge on any atom is -0.352 e. The molecule has 3 nitrogen and oxygen atoms in total. The lowest BCUT2D eigenvalue weighted by Gasteiger charge is -2.35. The molecule has 0 spiro atoms. The molecule has 0 aromatic carbocycles. The summed E-state index contributed by atoms with van der Waals surface area (Å²) < 4.78 is 12.1. The van der Waals surface area contributed by atoms with Gasteiger partial charge in [0, 0.05) is 0 Å². The molecule has 2 saturated carbocycles. The molecule has 0 N–H and O–H groups in total. The van der Waals surface area contributed by atoms with Gasteiger partial charge in [-0.15, -0.1) is 0 Å². The minimum atomic E-state index is -0.0773. The van der Waals surface area contributed by atoms with E-state index < -0.39 is 0 Å². The molecule has 2 rings (SSSR count). The molecular weight excluding hydrogens is 334 g/mol. The average Bonchev–Trinajstić information content (AvgIpc) is 2.71. The van der Waals surface area contributed by atoms with Crippen LogP contribution in [0.5, 0.6) is 0 Å². The highest BCUT2D eigenvalue weighted by atomic mass is 16.7. The van der Waals surface area contributed by atoms with Crippen LogP contribution in [0.1, 0.15) is 117 Å². The zero-order valence-corrected chi connectivity index (χ0v) is 18.0. The van der Waals surface area contributed by atoms with Crippen molar-refractivity contribution in [1.82, 2.24) is 0 Å². The van der Waals surface area contributed by atoms with Gasteiger partial charge in [-0.2, -0.15) is 5.26 Å². The molecule has 0 aliphatic heterocycles. The Hall–Kier alpha value is -0.590. The van der Waals surface area contributed by atoms with Crippen molar-refractivity contribution in [2.45, 2.75) is 129 Å². The Kier molecular flexibility index (Phi) is 10.7. The van der Waals surface area contributed by atoms with Crippen molar-refractivity contribution >= 4 is 0 Å². The number of unbranched alkanes of at least 4 members (excludes halogenated alkanes) is 4. The summed E-state index contributed by atoms with van der Waals surface area (Å²) in [6, 6.07) is 2.64. The summed E-state index contributed by atoms with van der Waals surface area (Å²) in [5.41, 5.74) is -0.0773. The maximum absolute atomic E-state index is 9.65. The molecule has 0 aromatic heterocycles. The van der Waals surface area contributed by atoms with E-state index in [1.165, 1.54) is 70.6 Å². The molecule has 2 aliphatic carbocycles. The summed E-state index contributed by atoms with van der Waals surface area (Å²) in [5.74, 6) is 0.933. The summed E-state index contributed by atoms with van der Waals surface area (Å²) in [7, 11) is 0. The third kappa shape index (κ3) is 8.12. The second kappa shape index (κ2) is 12.8. The molecule has 2 aliphatic rings. The van der Waals surface area contributed by atoms with E-state index in [0.29, 0.717) is 19.0 Å². The highest BCUT2D eigenvalue weighted by Crippen LogP contribution is 2.41. The Bertz CT molecular complexity index is 415. The molecule has 0 unspecified atom stereocenters. The first-order valence-corrected chi connectivity index (χ1v) is 11.9. The van der Waals surface area contributed by atoms with E-state index >= 15 is 0 Å². The maximum Gasteiger partial charge on any atom is 0.147 e. The van der Waals surface area contributed by atoms with Gasteiger partial charge >= 0.3 is 0 Å². The number of nitrogens with zero attached hydrogens (tertiary/aromatic N) is 1. The third-order valence-corrected chi connectivity index (χ3v) is 7.00. The maximum atomic E-state index is 9.65.